The highest BCUT2D eigenvalue weighted by molar-refractivity contribution is 7.89. The maximum atomic E-state index is 12.5. The zero-order chi connectivity index (χ0) is 15.2. The number of hydrogen-bond donors (Lipinski definition) is 1. The van der Waals surface area contributed by atoms with E-state index < -0.39 is 10.0 Å². The zero-order valence-corrected chi connectivity index (χ0v) is 14.4. The quantitative estimate of drug-likeness (QED) is 0.748. The van der Waals surface area contributed by atoms with Crippen LogP contribution in [-0.2, 0) is 16.6 Å². The van der Waals surface area contributed by atoms with Crippen molar-refractivity contribution in [2.75, 3.05) is 40.8 Å². The Hall–Kier alpha value is -0.470. The highest BCUT2D eigenvalue weighted by Crippen LogP contribution is 2.24. The summed E-state index contributed by atoms with van der Waals surface area (Å²) in [5.41, 5.74) is 0. The van der Waals surface area contributed by atoms with Crippen LogP contribution in [-0.4, -0.2) is 58.4 Å². The predicted octanol–water partition coefficient (Wildman–Crippen LogP) is 1.43. The molecule has 0 aromatic carbocycles. The Morgan fingerprint density at radius 2 is 1.95 bits per heavy atom. The van der Waals surface area contributed by atoms with E-state index in [1.54, 1.807) is 13.1 Å². The summed E-state index contributed by atoms with van der Waals surface area (Å²) in [6, 6.07) is 1.70. The van der Waals surface area contributed by atoms with Crippen LogP contribution in [0.1, 0.15) is 18.2 Å². The molecule has 1 aromatic rings. The van der Waals surface area contributed by atoms with Crippen LogP contribution in [0.25, 0.3) is 0 Å². The number of nitrogens with one attached hydrogen (secondary N) is 1. The molecule has 5 nitrogen and oxygen atoms in total. The number of thiophene rings is 1. The smallest absolute Gasteiger partial charge is 0.243 e. The van der Waals surface area contributed by atoms with Crippen molar-refractivity contribution in [1.29, 1.82) is 0 Å². The minimum atomic E-state index is -3.37. The molecule has 0 amide bonds. The Kier molecular flexibility index (Phi) is 7.11. The third-order valence-electron chi connectivity index (χ3n) is 3.01. The van der Waals surface area contributed by atoms with Gasteiger partial charge in [0.1, 0.15) is 0 Å². The first kappa shape index (κ1) is 17.6. The Morgan fingerprint density at radius 1 is 1.25 bits per heavy atom. The van der Waals surface area contributed by atoms with E-state index in [9.17, 15) is 8.42 Å². The minimum absolute atomic E-state index is 0.441. The minimum Gasteiger partial charge on any atom is -0.312 e. The second kappa shape index (κ2) is 8.09. The van der Waals surface area contributed by atoms with Crippen molar-refractivity contribution in [3.63, 3.8) is 0 Å². The zero-order valence-electron chi connectivity index (χ0n) is 12.7. The van der Waals surface area contributed by atoms with E-state index in [1.165, 1.54) is 15.6 Å². The first-order chi connectivity index (χ1) is 9.39. The highest BCUT2D eigenvalue weighted by Gasteiger charge is 2.24. The van der Waals surface area contributed by atoms with Crippen LogP contribution < -0.4 is 5.32 Å². The summed E-state index contributed by atoms with van der Waals surface area (Å²) >= 11 is 1.49. The first-order valence-corrected chi connectivity index (χ1v) is 9.09. The van der Waals surface area contributed by atoms with Gasteiger partial charge in [-0.3, -0.25) is 0 Å². The lowest BCUT2D eigenvalue weighted by molar-refractivity contribution is 0.370. The van der Waals surface area contributed by atoms with Gasteiger partial charge >= 0.3 is 0 Å². The van der Waals surface area contributed by atoms with Crippen molar-refractivity contribution in [3.8, 4) is 0 Å². The normalized spacial score (nSPS) is 12.5. The standard InChI is InChI=1S/C13H25N3O2S2/c1-5-14-11-12-13(7-10-19-12)20(17,18)16(4)9-6-8-15(2)3/h7,10,14H,5-6,8-9,11H2,1-4H3. The molecule has 0 spiro atoms. The van der Waals surface area contributed by atoms with Gasteiger partial charge in [-0.15, -0.1) is 11.3 Å². The van der Waals surface area contributed by atoms with Crippen molar-refractivity contribution in [1.82, 2.24) is 14.5 Å². The van der Waals surface area contributed by atoms with Gasteiger partial charge in [0.2, 0.25) is 10.0 Å². The molecule has 0 unspecified atom stereocenters. The second-order valence-electron chi connectivity index (χ2n) is 4.97. The number of sulfonamides is 1. The molecule has 0 saturated carbocycles. The molecule has 0 aliphatic carbocycles. The number of hydrogen-bond acceptors (Lipinski definition) is 5. The maximum Gasteiger partial charge on any atom is 0.243 e. The van der Waals surface area contributed by atoms with Crippen molar-refractivity contribution in [2.24, 2.45) is 0 Å². The fourth-order valence-corrected chi connectivity index (χ4v) is 4.41. The molecular formula is C13H25N3O2S2. The average Bonchev–Trinajstić information content (AvgIpc) is 2.84. The van der Waals surface area contributed by atoms with Gasteiger partial charge in [-0.05, 0) is 45.1 Å². The van der Waals surface area contributed by atoms with Crippen LogP contribution in [0.4, 0.5) is 0 Å². The summed E-state index contributed by atoms with van der Waals surface area (Å²) < 4.78 is 26.5. The molecule has 0 aliphatic rings. The fraction of sp³-hybridized carbons (Fsp3) is 0.692. The Bertz CT molecular complexity index is 497. The van der Waals surface area contributed by atoms with Gasteiger partial charge in [0.15, 0.2) is 0 Å². The van der Waals surface area contributed by atoms with Crippen LogP contribution in [0.3, 0.4) is 0 Å². The maximum absolute atomic E-state index is 12.5. The van der Waals surface area contributed by atoms with Crippen LogP contribution in [0, 0.1) is 0 Å². The molecule has 0 fully saturated rings. The molecule has 0 atom stereocenters. The van der Waals surface area contributed by atoms with E-state index in [1.807, 2.05) is 26.4 Å². The largest absolute Gasteiger partial charge is 0.312 e. The SMILES string of the molecule is CCNCc1sccc1S(=O)(=O)N(C)CCCN(C)C. The van der Waals surface area contributed by atoms with E-state index in [0.29, 0.717) is 18.0 Å². The van der Waals surface area contributed by atoms with E-state index in [4.69, 9.17) is 0 Å². The lowest BCUT2D eigenvalue weighted by Crippen LogP contribution is -2.30. The van der Waals surface area contributed by atoms with Crippen molar-refractivity contribution < 1.29 is 8.42 Å². The van der Waals surface area contributed by atoms with Crippen molar-refractivity contribution in [3.05, 3.63) is 16.3 Å². The summed E-state index contributed by atoms with van der Waals surface area (Å²) in [6.07, 6.45) is 0.829. The van der Waals surface area contributed by atoms with Gasteiger partial charge in [-0.2, -0.15) is 0 Å². The third kappa shape index (κ3) is 4.82. The van der Waals surface area contributed by atoms with Gasteiger partial charge in [0.05, 0.1) is 4.90 Å². The van der Waals surface area contributed by atoms with Gasteiger partial charge in [-0.1, -0.05) is 6.92 Å². The molecule has 0 saturated heterocycles. The van der Waals surface area contributed by atoms with Crippen LogP contribution in [0.15, 0.2) is 16.3 Å². The molecule has 7 heteroatoms. The Morgan fingerprint density at radius 3 is 2.55 bits per heavy atom. The molecule has 1 aromatic heterocycles. The number of rotatable bonds is 9. The van der Waals surface area contributed by atoms with E-state index >= 15 is 0 Å². The Balaban J connectivity index is 2.74. The second-order valence-corrected chi connectivity index (χ2v) is 7.99. The van der Waals surface area contributed by atoms with Gasteiger partial charge in [-0.25, -0.2) is 12.7 Å². The topological polar surface area (TPSA) is 52.7 Å². The van der Waals surface area contributed by atoms with Crippen LogP contribution >= 0.6 is 11.3 Å². The molecule has 0 bridgehead atoms. The summed E-state index contributed by atoms with van der Waals surface area (Å²) in [5, 5.41) is 5.02. The molecular weight excluding hydrogens is 294 g/mol. The monoisotopic (exact) mass is 319 g/mol. The molecule has 20 heavy (non-hydrogen) atoms. The lowest BCUT2D eigenvalue weighted by atomic mass is 10.4. The summed E-state index contributed by atoms with van der Waals surface area (Å²) in [4.78, 5) is 3.38. The molecule has 1 N–H and O–H groups in total. The molecule has 1 rings (SSSR count). The summed E-state index contributed by atoms with van der Waals surface area (Å²) in [7, 11) is 2.26. The molecule has 0 aliphatic heterocycles. The summed E-state index contributed by atoms with van der Waals surface area (Å²) in [5.74, 6) is 0. The highest BCUT2D eigenvalue weighted by atomic mass is 32.2. The van der Waals surface area contributed by atoms with Crippen LogP contribution in [0.5, 0.6) is 0 Å². The van der Waals surface area contributed by atoms with Gasteiger partial charge in [0, 0.05) is 25.0 Å². The molecule has 1 heterocycles. The first-order valence-electron chi connectivity index (χ1n) is 6.77. The van der Waals surface area contributed by atoms with Crippen LogP contribution in [0.2, 0.25) is 0 Å². The van der Waals surface area contributed by atoms with Crippen molar-refractivity contribution in [2.45, 2.75) is 24.8 Å². The predicted molar refractivity (Wildman–Crippen MR) is 84.7 cm³/mol. The Labute approximate surface area is 126 Å². The lowest BCUT2D eigenvalue weighted by Gasteiger charge is -2.18. The fourth-order valence-electron chi connectivity index (χ4n) is 1.82. The van der Waals surface area contributed by atoms with Crippen molar-refractivity contribution >= 4 is 21.4 Å². The van der Waals surface area contributed by atoms with E-state index in [2.05, 4.69) is 10.2 Å². The summed E-state index contributed by atoms with van der Waals surface area (Å²) in [6.45, 7) is 4.87. The molecule has 0 radical (unpaired) electrons. The third-order valence-corrected chi connectivity index (χ3v) is 6.00. The van der Waals surface area contributed by atoms with E-state index in [0.717, 1.165) is 24.4 Å². The van der Waals surface area contributed by atoms with E-state index in [-0.39, 0.29) is 0 Å². The van der Waals surface area contributed by atoms with Gasteiger partial charge in [0.25, 0.3) is 0 Å². The average molecular weight is 319 g/mol. The van der Waals surface area contributed by atoms with Gasteiger partial charge < -0.3 is 10.2 Å². The number of nitrogens with zero attached hydrogens (tertiary/aromatic N) is 2. The molecule has 116 valence electrons.